The molecule has 0 aliphatic carbocycles. The molecule has 5 nitrogen and oxygen atoms in total. The van der Waals surface area contributed by atoms with E-state index in [-0.39, 0.29) is 5.91 Å². The summed E-state index contributed by atoms with van der Waals surface area (Å²) < 4.78 is 11.0. The minimum absolute atomic E-state index is 0.0140. The second-order valence-electron chi connectivity index (χ2n) is 5.87. The molecular formula is C18H28N2O3. The van der Waals surface area contributed by atoms with E-state index in [1.165, 1.54) is 19.3 Å². The van der Waals surface area contributed by atoms with Crippen molar-refractivity contribution in [3.05, 3.63) is 24.3 Å². The van der Waals surface area contributed by atoms with Crippen LogP contribution in [0.4, 0.5) is 5.69 Å². The Morgan fingerprint density at radius 1 is 1.17 bits per heavy atom. The summed E-state index contributed by atoms with van der Waals surface area (Å²) >= 11 is 0. The third-order valence-corrected chi connectivity index (χ3v) is 3.88. The molecule has 5 heteroatoms. The average Bonchev–Trinajstić information content (AvgIpc) is 2.57. The Morgan fingerprint density at radius 3 is 2.61 bits per heavy atom. The Morgan fingerprint density at radius 2 is 1.91 bits per heavy atom. The van der Waals surface area contributed by atoms with E-state index in [1.54, 1.807) is 0 Å². The number of rotatable bonds is 9. The van der Waals surface area contributed by atoms with Crippen molar-refractivity contribution >= 4 is 11.6 Å². The van der Waals surface area contributed by atoms with Crippen molar-refractivity contribution < 1.29 is 14.3 Å². The van der Waals surface area contributed by atoms with Crippen molar-refractivity contribution in [3.63, 3.8) is 0 Å². The van der Waals surface area contributed by atoms with Crippen LogP contribution in [0.5, 0.6) is 5.75 Å². The van der Waals surface area contributed by atoms with E-state index in [1.807, 2.05) is 24.3 Å². The normalized spacial score (nSPS) is 15.3. The summed E-state index contributed by atoms with van der Waals surface area (Å²) in [6, 6.07) is 7.59. The maximum absolute atomic E-state index is 12.0. The molecular weight excluding hydrogens is 292 g/mol. The first kappa shape index (κ1) is 17.8. The van der Waals surface area contributed by atoms with Crippen molar-refractivity contribution in [2.24, 2.45) is 0 Å². The first-order chi connectivity index (χ1) is 11.3. The van der Waals surface area contributed by atoms with Crippen LogP contribution >= 0.6 is 0 Å². The number of morpholine rings is 1. The van der Waals surface area contributed by atoms with Gasteiger partial charge in [-0.3, -0.25) is 9.69 Å². The Balaban J connectivity index is 1.68. The van der Waals surface area contributed by atoms with Crippen molar-refractivity contribution in [2.75, 3.05) is 44.8 Å². The number of ether oxygens (including phenoxy) is 2. The summed E-state index contributed by atoms with van der Waals surface area (Å²) in [4.78, 5) is 14.1. The zero-order valence-electron chi connectivity index (χ0n) is 14.1. The first-order valence-corrected chi connectivity index (χ1v) is 8.60. The van der Waals surface area contributed by atoms with E-state index in [0.717, 1.165) is 37.6 Å². The number of nitrogens with zero attached hydrogens (tertiary/aromatic N) is 1. The number of carbonyl (C=O) groups excluding carboxylic acids is 1. The van der Waals surface area contributed by atoms with Gasteiger partial charge in [0.2, 0.25) is 5.91 Å². The Bertz CT molecular complexity index is 456. The molecule has 0 spiro atoms. The smallest absolute Gasteiger partial charge is 0.238 e. The fourth-order valence-electron chi connectivity index (χ4n) is 2.52. The zero-order valence-corrected chi connectivity index (χ0v) is 14.1. The Kier molecular flexibility index (Phi) is 7.90. The molecule has 0 radical (unpaired) electrons. The zero-order chi connectivity index (χ0) is 16.3. The number of hydrogen-bond donors (Lipinski definition) is 1. The van der Waals surface area contributed by atoms with Gasteiger partial charge in [0.15, 0.2) is 0 Å². The van der Waals surface area contributed by atoms with Crippen LogP contribution in [0.3, 0.4) is 0 Å². The Hall–Kier alpha value is -1.59. The molecule has 1 aliphatic heterocycles. The van der Waals surface area contributed by atoms with Crippen LogP contribution in [0.15, 0.2) is 24.3 Å². The summed E-state index contributed by atoms with van der Waals surface area (Å²) in [5.41, 5.74) is 0.807. The van der Waals surface area contributed by atoms with Crippen LogP contribution in [0.25, 0.3) is 0 Å². The molecule has 128 valence electrons. The minimum Gasteiger partial charge on any atom is -0.494 e. The highest BCUT2D eigenvalue weighted by Crippen LogP contribution is 2.16. The quantitative estimate of drug-likeness (QED) is 0.711. The van der Waals surface area contributed by atoms with Crippen LogP contribution in [0.2, 0.25) is 0 Å². The molecule has 23 heavy (non-hydrogen) atoms. The number of amides is 1. The number of hydrogen-bond acceptors (Lipinski definition) is 4. The summed E-state index contributed by atoms with van der Waals surface area (Å²) in [7, 11) is 0. The summed E-state index contributed by atoms with van der Waals surface area (Å²) in [5.74, 6) is 0.868. The summed E-state index contributed by atoms with van der Waals surface area (Å²) in [6.45, 7) is 6.42. The van der Waals surface area contributed by atoms with Crippen molar-refractivity contribution in [1.82, 2.24) is 4.90 Å². The molecule has 2 rings (SSSR count). The van der Waals surface area contributed by atoms with Crippen LogP contribution in [0, 0.1) is 0 Å². The monoisotopic (exact) mass is 320 g/mol. The third-order valence-electron chi connectivity index (χ3n) is 3.88. The lowest BCUT2D eigenvalue weighted by molar-refractivity contribution is -0.118. The highest BCUT2D eigenvalue weighted by Gasteiger charge is 2.14. The average molecular weight is 320 g/mol. The van der Waals surface area contributed by atoms with Crippen molar-refractivity contribution in [2.45, 2.75) is 32.6 Å². The summed E-state index contributed by atoms with van der Waals surface area (Å²) in [5, 5.41) is 2.92. The van der Waals surface area contributed by atoms with Crippen LogP contribution in [-0.2, 0) is 9.53 Å². The second kappa shape index (κ2) is 10.2. The molecule has 0 saturated carbocycles. The van der Waals surface area contributed by atoms with Gasteiger partial charge in [0.05, 0.1) is 26.4 Å². The molecule has 0 aromatic heterocycles. The lowest BCUT2D eigenvalue weighted by Crippen LogP contribution is -2.41. The van der Waals surface area contributed by atoms with E-state index >= 15 is 0 Å². The topological polar surface area (TPSA) is 50.8 Å². The number of carbonyl (C=O) groups is 1. The highest BCUT2D eigenvalue weighted by atomic mass is 16.5. The summed E-state index contributed by atoms with van der Waals surface area (Å²) in [6.07, 6.45) is 4.80. The van der Waals surface area contributed by atoms with E-state index in [0.29, 0.717) is 19.8 Å². The molecule has 1 aliphatic rings. The fourth-order valence-corrected chi connectivity index (χ4v) is 2.52. The van der Waals surface area contributed by atoms with Crippen LogP contribution < -0.4 is 10.1 Å². The molecule has 1 aromatic carbocycles. The van der Waals surface area contributed by atoms with Gasteiger partial charge in [-0.25, -0.2) is 0 Å². The van der Waals surface area contributed by atoms with Gasteiger partial charge in [-0.15, -0.1) is 0 Å². The molecule has 0 atom stereocenters. The highest BCUT2D eigenvalue weighted by molar-refractivity contribution is 5.92. The van der Waals surface area contributed by atoms with Gasteiger partial charge in [0.25, 0.3) is 0 Å². The molecule has 0 bridgehead atoms. The lowest BCUT2D eigenvalue weighted by Gasteiger charge is -2.25. The number of anilines is 1. The van der Waals surface area contributed by atoms with E-state index in [9.17, 15) is 4.79 Å². The van der Waals surface area contributed by atoms with Gasteiger partial charge >= 0.3 is 0 Å². The molecule has 1 aromatic rings. The standard InChI is InChI=1S/C18H28N2O3/c1-2-3-4-5-12-23-17-8-6-16(7-9-17)19-18(21)15-20-10-13-22-14-11-20/h6-9H,2-5,10-15H2,1H3,(H,19,21). The van der Waals surface area contributed by atoms with Crippen LogP contribution in [-0.4, -0.2) is 50.3 Å². The van der Waals surface area contributed by atoms with Gasteiger partial charge in [-0.1, -0.05) is 26.2 Å². The van der Waals surface area contributed by atoms with Gasteiger partial charge in [-0.2, -0.15) is 0 Å². The largest absolute Gasteiger partial charge is 0.494 e. The van der Waals surface area contributed by atoms with Gasteiger partial charge in [0, 0.05) is 18.8 Å². The lowest BCUT2D eigenvalue weighted by atomic mass is 10.2. The van der Waals surface area contributed by atoms with Gasteiger partial charge < -0.3 is 14.8 Å². The molecule has 1 saturated heterocycles. The predicted octanol–water partition coefficient (Wildman–Crippen LogP) is 2.92. The first-order valence-electron chi connectivity index (χ1n) is 8.60. The number of benzene rings is 1. The number of unbranched alkanes of at least 4 members (excludes halogenated alkanes) is 3. The van der Waals surface area contributed by atoms with Crippen molar-refractivity contribution in [1.29, 1.82) is 0 Å². The maximum Gasteiger partial charge on any atom is 0.238 e. The molecule has 1 heterocycles. The molecule has 1 amide bonds. The predicted molar refractivity (Wildman–Crippen MR) is 92.0 cm³/mol. The fraction of sp³-hybridized carbons (Fsp3) is 0.611. The van der Waals surface area contributed by atoms with Crippen molar-refractivity contribution in [3.8, 4) is 5.75 Å². The molecule has 1 fully saturated rings. The Labute approximate surface area is 139 Å². The van der Waals surface area contributed by atoms with E-state index in [4.69, 9.17) is 9.47 Å². The van der Waals surface area contributed by atoms with Gasteiger partial charge in [0.1, 0.15) is 5.75 Å². The second-order valence-corrected chi connectivity index (χ2v) is 5.87. The minimum atomic E-state index is 0.0140. The van der Waals surface area contributed by atoms with Crippen LogP contribution in [0.1, 0.15) is 32.6 Å². The molecule has 1 N–H and O–H groups in total. The SMILES string of the molecule is CCCCCCOc1ccc(NC(=O)CN2CCOCC2)cc1. The molecule has 0 unspecified atom stereocenters. The van der Waals surface area contributed by atoms with E-state index < -0.39 is 0 Å². The van der Waals surface area contributed by atoms with E-state index in [2.05, 4.69) is 17.1 Å². The third kappa shape index (κ3) is 7.01. The number of nitrogens with one attached hydrogen (secondary N) is 1. The maximum atomic E-state index is 12.0. The van der Waals surface area contributed by atoms with Gasteiger partial charge in [-0.05, 0) is 30.7 Å².